The predicted molar refractivity (Wildman–Crippen MR) is 77.3 cm³/mol. The fourth-order valence-electron chi connectivity index (χ4n) is 2.29. The van der Waals surface area contributed by atoms with Crippen molar-refractivity contribution in [3.8, 4) is 0 Å². The quantitative estimate of drug-likeness (QED) is 0.838. The number of benzene rings is 1. The van der Waals surface area contributed by atoms with Gasteiger partial charge in [0.05, 0.1) is 0 Å². The van der Waals surface area contributed by atoms with Gasteiger partial charge in [0.15, 0.2) is 0 Å². The summed E-state index contributed by atoms with van der Waals surface area (Å²) in [7, 11) is 3.49. The van der Waals surface area contributed by atoms with Crippen molar-refractivity contribution in [1.82, 2.24) is 14.7 Å². The van der Waals surface area contributed by atoms with Gasteiger partial charge in [-0.05, 0) is 12.1 Å². The van der Waals surface area contributed by atoms with E-state index in [9.17, 15) is 9.18 Å². The molecular formula is C14H19ClFN3O. The number of hydrogen-bond acceptors (Lipinski definition) is 2. The molecule has 1 heterocycles. The van der Waals surface area contributed by atoms with E-state index in [0.717, 1.165) is 13.1 Å². The first-order chi connectivity index (χ1) is 9.49. The Balaban J connectivity index is 1.93. The highest BCUT2D eigenvalue weighted by Gasteiger charge is 2.23. The van der Waals surface area contributed by atoms with E-state index in [1.165, 1.54) is 6.07 Å². The van der Waals surface area contributed by atoms with Crippen molar-refractivity contribution in [2.75, 3.05) is 40.3 Å². The Kier molecular flexibility index (Phi) is 4.83. The van der Waals surface area contributed by atoms with Crippen molar-refractivity contribution in [3.05, 3.63) is 34.6 Å². The van der Waals surface area contributed by atoms with Gasteiger partial charge in [0, 0.05) is 57.4 Å². The van der Waals surface area contributed by atoms with Gasteiger partial charge in [-0.25, -0.2) is 9.18 Å². The third-order valence-electron chi connectivity index (χ3n) is 3.47. The molecule has 0 spiro atoms. The summed E-state index contributed by atoms with van der Waals surface area (Å²) < 4.78 is 13.7. The van der Waals surface area contributed by atoms with Crippen LogP contribution in [0.4, 0.5) is 9.18 Å². The Morgan fingerprint density at radius 1 is 1.30 bits per heavy atom. The standard InChI is InChI=1S/C14H19ClFN3O/c1-17(2)14(20)19-8-6-18(7-9-19)10-11-12(15)4-3-5-13(11)16/h3-5H,6-10H2,1-2H3. The van der Waals surface area contributed by atoms with Crippen LogP contribution in [0.1, 0.15) is 5.56 Å². The largest absolute Gasteiger partial charge is 0.331 e. The molecule has 0 N–H and O–H groups in total. The van der Waals surface area contributed by atoms with Gasteiger partial charge in [-0.15, -0.1) is 0 Å². The third kappa shape index (κ3) is 3.41. The molecule has 20 heavy (non-hydrogen) atoms. The number of piperazine rings is 1. The molecule has 1 aliphatic heterocycles. The second kappa shape index (κ2) is 6.41. The summed E-state index contributed by atoms with van der Waals surface area (Å²) in [5.41, 5.74) is 0.529. The van der Waals surface area contributed by atoms with E-state index in [2.05, 4.69) is 4.90 Å². The Morgan fingerprint density at radius 3 is 2.50 bits per heavy atom. The minimum absolute atomic E-state index is 0.0218. The first-order valence-electron chi connectivity index (χ1n) is 6.60. The molecule has 0 aliphatic carbocycles. The second-order valence-electron chi connectivity index (χ2n) is 5.14. The SMILES string of the molecule is CN(C)C(=O)N1CCN(Cc2c(F)cccc2Cl)CC1. The van der Waals surface area contributed by atoms with Gasteiger partial charge in [0.1, 0.15) is 5.82 Å². The summed E-state index contributed by atoms with van der Waals surface area (Å²) in [4.78, 5) is 17.3. The van der Waals surface area contributed by atoms with Crippen LogP contribution in [0.3, 0.4) is 0 Å². The van der Waals surface area contributed by atoms with Gasteiger partial charge in [0.2, 0.25) is 0 Å². The van der Waals surface area contributed by atoms with Crippen LogP contribution in [0.2, 0.25) is 5.02 Å². The summed E-state index contributed by atoms with van der Waals surface area (Å²) in [6.07, 6.45) is 0. The maximum atomic E-state index is 13.7. The van der Waals surface area contributed by atoms with Crippen molar-refractivity contribution in [2.45, 2.75) is 6.54 Å². The number of urea groups is 1. The van der Waals surface area contributed by atoms with Gasteiger partial charge in [0.25, 0.3) is 0 Å². The zero-order chi connectivity index (χ0) is 14.7. The van der Waals surface area contributed by atoms with Gasteiger partial charge in [-0.1, -0.05) is 17.7 Å². The number of carbonyl (C=O) groups is 1. The molecule has 0 saturated carbocycles. The molecule has 6 heteroatoms. The highest BCUT2D eigenvalue weighted by atomic mass is 35.5. The van der Waals surface area contributed by atoms with Crippen molar-refractivity contribution in [3.63, 3.8) is 0 Å². The van der Waals surface area contributed by atoms with Crippen molar-refractivity contribution >= 4 is 17.6 Å². The molecule has 4 nitrogen and oxygen atoms in total. The molecule has 0 aromatic heterocycles. The van der Waals surface area contributed by atoms with Crippen LogP contribution in [0.25, 0.3) is 0 Å². The van der Waals surface area contributed by atoms with E-state index >= 15 is 0 Å². The number of nitrogens with zero attached hydrogens (tertiary/aromatic N) is 3. The van der Waals surface area contributed by atoms with Gasteiger partial charge >= 0.3 is 6.03 Å². The average molecular weight is 300 g/mol. The lowest BCUT2D eigenvalue weighted by atomic mass is 10.2. The molecule has 1 aromatic rings. The Bertz CT molecular complexity index is 467. The number of halogens is 2. The minimum Gasteiger partial charge on any atom is -0.331 e. The summed E-state index contributed by atoms with van der Waals surface area (Å²) in [5.74, 6) is -0.274. The topological polar surface area (TPSA) is 26.8 Å². The van der Waals surface area contributed by atoms with Crippen LogP contribution < -0.4 is 0 Å². The lowest BCUT2D eigenvalue weighted by Crippen LogP contribution is -2.51. The molecule has 2 amide bonds. The maximum absolute atomic E-state index is 13.7. The van der Waals surface area contributed by atoms with Crippen LogP contribution in [0.15, 0.2) is 18.2 Å². The Labute approximate surface area is 123 Å². The average Bonchev–Trinajstić information content (AvgIpc) is 2.43. The minimum atomic E-state index is -0.274. The highest BCUT2D eigenvalue weighted by Crippen LogP contribution is 2.21. The maximum Gasteiger partial charge on any atom is 0.319 e. The Morgan fingerprint density at radius 2 is 1.95 bits per heavy atom. The fraction of sp³-hybridized carbons (Fsp3) is 0.500. The number of amides is 2. The van der Waals surface area contributed by atoms with Crippen LogP contribution >= 0.6 is 11.6 Å². The van der Waals surface area contributed by atoms with Gasteiger partial charge in [-0.2, -0.15) is 0 Å². The summed E-state index contributed by atoms with van der Waals surface area (Å²) in [6, 6.07) is 4.75. The van der Waals surface area contributed by atoms with E-state index in [1.807, 2.05) is 0 Å². The second-order valence-corrected chi connectivity index (χ2v) is 5.55. The molecule has 2 rings (SSSR count). The van der Waals surface area contributed by atoms with Crippen LogP contribution in [-0.4, -0.2) is 61.0 Å². The first-order valence-corrected chi connectivity index (χ1v) is 6.98. The fourth-order valence-corrected chi connectivity index (χ4v) is 2.51. The number of hydrogen-bond donors (Lipinski definition) is 0. The number of rotatable bonds is 2. The van der Waals surface area contributed by atoms with E-state index < -0.39 is 0 Å². The van der Waals surface area contributed by atoms with Crippen molar-refractivity contribution < 1.29 is 9.18 Å². The summed E-state index contributed by atoms with van der Waals surface area (Å²) in [6.45, 7) is 3.25. The van der Waals surface area contributed by atoms with E-state index in [1.54, 1.807) is 36.0 Å². The Hall–Kier alpha value is -1.33. The summed E-state index contributed by atoms with van der Waals surface area (Å²) >= 11 is 6.03. The lowest BCUT2D eigenvalue weighted by molar-refractivity contribution is 0.119. The smallest absolute Gasteiger partial charge is 0.319 e. The molecule has 1 saturated heterocycles. The molecule has 0 atom stereocenters. The normalized spacial score (nSPS) is 16.3. The zero-order valence-corrected chi connectivity index (χ0v) is 12.5. The summed E-state index contributed by atoms with van der Waals surface area (Å²) in [5, 5.41) is 0.455. The molecule has 1 fully saturated rings. The highest BCUT2D eigenvalue weighted by molar-refractivity contribution is 6.31. The van der Waals surface area contributed by atoms with E-state index in [0.29, 0.717) is 30.2 Å². The molecule has 0 radical (unpaired) electrons. The van der Waals surface area contributed by atoms with Crippen LogP contribution in [0.5, 0.6) is 0 Å². The van der Waals surface area contributed by atoms with Crippen LogP contribution in [-0.2, 0) is 6.54 Å². The first kappa shape index (κ1) is 15.1. The monoisotopic (exact) mass is 299 g/mol. The molecule has 1 aliphatic rings. The van der Waals surface area contributed by atoms with Gasteiger partial charge < -0.3 is 9.80 Å². The van der Waals surface area contributed by atoms with Crippen LogP contribution in [0, 0.1) is 5.82 Å². The van der Waals surface area contributed by atoms with E-state index in [4.69, 9.17) is 11.6 Å². The van der Waals surface area contributed by atoms with Crippen molar-refractivity contribution in [2.24, 2.45) is 0 Å². The predicted octanol–water partition coefficient (Wildman–Crippen LogP) is 2.28. The van der Waals surface area contributed by atoms with Crippen molar-refractivity contribution in [1.29, 1.82) is 0 Å². The lowest BCUT2D eigenvalue weighted by Gasteiger charge is -2.36. The third-order valence-corrected chi connectivity index (χ3v) is 3.82. The van der Waals surface area contributed by atoms with E-state index in [-0.39, 0.29) is 11.8 Å². The molecular weight excluding hydrogens is 281 g/mol. The molecule has 1 aromatic carbocycles. The molecule has 110 valence electrons. The zero-order valence-electron chi connectivity index (χ0n) is 11.8. The number of carbonyl (C=O) groups excluding carboxylic acids is 1. The van der Waals surface area contributed by atoms with Gasteiger partial charge in [-0.3, -0.25) is 4.90 Å². The molecule has 0 unspecified atom stereocenters. The molecule has 0 bridgehead atoms.